The lowest BCUT2D eigenvalue weighted by molar-refractivity contribution is 0.290. The van der Waals surface area contributed by atoms with Gasteiger partial charge >= 0.3 is 0 Å². The van der Waals surface area contributed by atoms with Gasteiger partial charge in [-0.25, -0.2) is 0 Å². The van der Waals surface area contributed by atoms with E-state index in [4.69, 9.17) is 0 Å². The summed E-state index contributed by atoms with van der Waals surface area (Å²) >= 11 is 0. The van der Waals surface area contributed by atoms with E-state index >= 15 is 0 Å². The molecule has 2 aromatic rings. The molecular weight excluding hydrogens is 260 g/mol. The van der Waals surface area contributed by atoms with Crippen molar-refractivity contribution in [1.29, 1.82) is 0 Å². The summed E-state index contributed by atoms with van der Waals surface area (Å²) in [6, 6.07) is 20.8. The Balaban J connectivity index is 0.000000220. The van der Waals surface area contributed by atoms with Gasteiger partial charge in [0.25, 0.3) is 0 Å². The third kappa shape index (κ3) is 5.32. The first-order valence-electron chi connectivity index (χ1n) is 5.68. The van der Waals surface area contributed by atoms with Gasteiger partial charge in [-0.15, -0.1) is 12.4 Å². The van der Waals surface area contributed by atoms with Crippen LogP contribution in [0.15, 0.2) is 85.7 Å². The lowest BCUT2D eigenvalue weighted by Crippen LogP contribution is -1.74. The Morgan fingerprint density at radius 2 is 0.789 bits per heavy atom. The summed E-state index contributed by atoms with van der Waals surface area (Å²) in [6.45, 7) is 0. The van der Waals surface area contributed by atoms with Crippen LogP contribution in [0, 0.1) is 0 Å². The largest absolute Gasteiger partial charge is 0.466 e. The van der Waals surface area contributed by atoms with Gasteiger partial charge in [0.1, 0.15) is 25.0 Å². The first kappa shape index (κ1) is 14.9. The van der Waals surface area contributed by atoms with E-state index in [0.29, 0.717) is 0 Å². The van der Waals surface area contributed by atoms with E-state index in [2.05, 4.69) is 58.0 Å². The maximum absolute atomic E-state index is 4.58. The molecule has 1 heterocycles. The quantitative estimate of drug-likeness (QED) is 0.747. The highest BCUT2D eigenvalue weighted by molar-refractivity contribution is 5.85. The molecule has 2 aromatic carbocycles. The molecule has 3 rings (SSSR count). The van der Waals surface area contributed by atoms with Crippen molar-refractivity contribution in [1.82, 2.24) is 0 Å². The van der Waals surface area contributed by atoms with Gasteiger partial charge in [0.15, 0.2) is 0 Å². The lowest BCUT2D eigenvalue weighted by atomic mass is 10.1. The summed E-state index contributed by atoms with van der Waals surface area (Å²) in [5.41, 5.74) is 2.55. The molecule has 0 bridgehead atoms. The van der Waals surface area contributed by atoms with Crippen molar-refractivity contribution < 1.29 is 9.47 Å². The molecule has 0 saturated carbocycles. The molecule has 1 aliphatic rings. The highest BCUT2D eigenvalue weighted by Crippen LogP contribution is 2.17. The molecule has 0 radical (unpaired) electrons. The van der Waals surface area contributed by atoms with Crippen molar-refractivity contribution in [2.75, 3.05) is 0 Å². The van der Waals surface area contributed by atoms with Gasteiger partial charge in [-0.2, -0.15) is 0 Å². The van der Waals surface area contributed by atoms with Crippen LogP contribution in [0.5, 0.6) is 0 Å². The van der Waals surface area contributed by atoms with Crippen molar-refractivity contribution in [2.45, 2.75) is 0 Å². The van der Waals surface area contributed by atoms with Crippen LogP contribution < -0.4 is 0 Å². The van der Waals surface area contributed by atoms with Gasteiger partial charge in [0.05, 0.1) is 0 Å². The Morgan fingerprint density at radius 3 is 1.05 bits per heavy atom. The van der Waals surface area contributed by atoms with Crippen LogP contribution in [0.1, 0.15) is 0 Å². The summed E-state index contributed by atoms with van der Waals surface area (Å²) in [7, 11) is 0. The van der Waals surface area contributed by atoms with Crippen LogP contribution in [-0.4, -0.2) is 0 Å². The van der Waals surface area contributed by atoms with Crippen molar-refractivity contribution in [2.24, 2.45) is 0 Å². The number of halogens is 1. The van der Waals surface area contributed by atoms with Crippen LogP contribution in [0.25, 0.3) is 11.1 Å². The average molecular weight is 275 g/mol. The van der Waals surface area contributed by atoms with Crippen LogP contribution in [0.2, 0.25) is 0 Å². The van der Waals surface area contributed by atoms with Gasteiger partial charge in [-0.1, -0.05) is 60.7 Å². The predicted octanol–water partition coefficient (Wildman–Crippen LogP) is 4.75. The fourth-order valence-electron chi connectivity index (χ4n) is 1.48. The van der Waals surface area contributed by atoms with Crippen molar-refractivity contribution in [3.8, 4) is 11.1 Å². The van der Waals surface area contributed by atoms with E-state index in [1.165, 1.54) is 36.2 Å². The SMILES string of the molecule is C1=COC=CO1.Cl.c1ccc(-c2ccccc2)cc1. The maximum atomic E-state index is 4.58. The second-order valence-electron chi connectivity index (χ2n) is 3.55. The molecule has 0 aliphatic carbocycles. The van der Waals surface area contributed by atoms with Crippen molar-refractivity contribution in [3.05, 3.63) is 85.7 Å². The second kappa shape index (κ2) is 8.84. The number of rotatable bonds is 1. The van der Waals surface area contributed by atoms with Crippen LogP contribution in [0.3, 0.4) is 0 Å². The minimum Gasteiger partial charge on any atom is -0.466 e. The Labute approximate surface area is 119 Å². The first-order valence-corrected chi connectivity index (χ1v) is 5.68. The van der Waals surface area contributed by atoms with Crippen molar-refractivity contribution in [3.63, 3.8) is 0 Å². The van der Waals surface area contributed by atoms with Gasteiger partial charge in [-0.05, 0) is 11.1 Å². The minimum absolute atomic E-state index is 0. The van der Waals surface area contributed by atoms with Gasteiger partial charge < -0.3 is 9.47 Å². The predicted molar refractivity (Wildman–Crippen MR) is 79.6 cm³/mol. The van der Waals surface area contributed by atoms with Gasteiger partial charge in [0.2, 0.25) is 0 Å². The molecule has 0 unspecified atom stereocenters. The fourth-order valence-corrected chi connectivity index (χ4v) is 1.48. The van der Waals surface area contributed by atoms with Crippen LogP contribution in [-0.2, 0) is 9.47 Å². The highest BCUT2D eigenvalue weighted by Gasteiger charge is 1.91. The standard InChI is InChI=1S/C12H10.C4H4O2.ClH/c1-3-7-11(8-4-1)12-9-5-2-6-10-12;1-2-6-4-3-5-1;/h1-10H;1-4H;1H. The van der Waals surface area contributed by atoms with Crippen molar-refractivity contribution >= 4 is 12.4 Å². The Kier molecular flexibility index (Phi) is 6.92. The Hall–Kier alpha value is -2.19. The van der Waals surface area contributed by atoms with E-state index in [9.17, 15) is 0 Å². The molecule has 0 N–H and O–H groups in total. The topological polar surface area (TPSA) is 18.5 Å². The van der Waals surface area contributed by atoms with Crippen LogP contribution in [0.4, 0.5) is 0 Å². The van der Waals surface area contributed by atoms with E-state index in [1.54, 1.807) is 0 Å². The molecule has 0 spiro atoms. The smallest absolute Gasteiger partial charge is 0.125 e. The normalized spacial score (nSPS) is 11.2. The molecule has 2 nitrogen and oxygen atoms in total. The molecule has 1 aliphatic heterocycles. The maximum Gasteiger partial charge on any atom is 0.125 e. The van der Waals surface area contributed by atoms with E-state index in [1.807, 2.05) is 12.1 Å². The number of hydrogen-bond acceptors (Lipinski definition) is 2. The number of ether oxygens (including phenoxy) is 2. The zero-order valence-electron chi connectivity index (χ0n) is 10.3. The zero-order chi connectivity index (χ0) is 12.5. The molecule has 0 atom stereocenters. The van der Waals surface area contributed by atoms with E-state index < -0.39 is 0 Å². The molecule has 0 saturated heterocycles. The third-order valence-corrected chi connectivity index (χ3v) is 2.31. The van der Waals surface area contributed by atoms with Crippen LogP contribution >= 0.6 is 12.4 Å². The fraction of sp³-hybridized carbons (Fsp3) is 0. The lowest BCUT2D eigenvalue weighted by Gasteiger charge is -1.98. The minimum atomic E-state index is 0. The Bertz CT molecular complexity index is 449. The molecule has 0 fully saturated rings. The summed E-state index contributed by atoms with van der Waals surface area (Å²) in [4.78, 5) is 0. The average Bonchev–Trinajstić information content (AvgIpc) is 2.51. The van der Waals surface area contributed by atoms with Gasteiger partial charge in [-0.3, -0.25) is 0 Å². The summed E-state index contributed by atoms with van der Waals surface area (Å²) in [6.07, 6.45) is 5.83. The third-order valence-electron chi connectivity index (χ3n) is 2.31. The Morgan fingerprint density at radius 1 is 0.474 bits per heavy atom. The molecule has 98 valence electrons. The highest BCUT2D eigenvalue weighted by atomic mass is 35.5. The molecule has 0 amide bonds. The van der Waals surface area contributed by atoms with E-state index in [-0.39, 0.29) is 12.4 Å². The number of hydrogen-bond donors (Lipinski definition) is 0. The molecule has 19 heavy (non-hydrogen) atoms. The van der Waals surface area contributed by atoms with Gasteiger partial charge in [0, 0.05) is 0 Å². The number of benzene rings is 2. The second-order valence-corrected chi connectivity index (χ2v) is 3.55. The monoisotopic (exact) mass is 274 g/mol. The first-order chi connectivity index (χ1) is 8.97. The molecule has 0 aromatic heterocycles. The molecular formula is C16H15ClO2. The zero-order valence-corrected chi connectivity index (χ0v) is 11.1. The summed E-state index contributed by atoms with van der Waals surface area (Å²) in [5.74, 6) is 0. The summed E-state index contributed by atoms with van der Waals surface area (Å²) < 4.78 is 9.17. The summed E-state index contributed by atoms with van der Waals surface area (Å²) in [5, 5.41) is 0. The van der Waals surface area contributed by atoms with E-state index in [0.717, 1.165) is 0 Å². The molecule has 3 heteroatoms.